The van der Waals surface area contributed by atoms with Crippen molar-refractivity contribution in [1.82, 2.24) is 4.90 Å². The Hall–Kier alpha value is -3.15. The molecule has 192 valence electrons. The van der Waals surface area contributed by atoms with Gasteiger partial charge in [-0.05, 0) is 61.3 Å². The number of carbonyl (C=O) groups is 3. The lowest BCUT2D eigenvalue weighted by molar-refractivity contribution is -0.134. The van der Waals surface area contributed by atoms with Crippen molar-refractivity contribution >= 4 is 29.2 Å². The zero-order valence-corrected chi connectivity index (χ0v) is 22.5. The maximum Gasteiger partial charge on any atom is 0.332 e. The van der Waals surface area contributed by atoms with Gasteiger partial charge in [-0.3, -0.25) is 19.4 Å². The molecule has 0 aromatic heterocycles. The Labute approximate surface area is 215 Å². The number of nitrogens with zero attached hydrogens (tertiary/aromatic N) is 2. The van der Waals surface area contributed by atoms with Crippen LogP contribution in [0.25, 0.3) is 0 Å². The molecule has 4 rings (SSSR count). The molecular formula is C30H39N3O3. The third-order valence-electron chi connectivity index (χ3n) is 7.71. The fourth-order valence-electron chi connectivity index (χ4n) is 5.86. The van der Waals surface area contributed by atoms with E-state index >= 15 is 0 Å². The Morgan fingerprint density at radius 3 is 2.11 bits per heavy atom. The van der Waals surface area contributed by atoms with Gasteiger partial charge in [0.05, 0.1) is 0 Å². The highest BCUT2D eigenvalue weighted by atomic mass is 16.2. The number of imide groups is 1. The summed E-state index contributed by atoms with van der Waals surface area (Å²) < 4.78 is 0. The normalized spacial score (nSPS) is 17.6. The van der Waals surface area contributed by atoms with Crippen LogP contribution >= 0.6 is 0 Å². The summed E-state index contributed by atoms with van der Waals surface area (Å²) in [5, 5.41) is 3.07. The minimum atomic E-state index is -0.908. The fourth-order valence-corrected chi connectivity index (χ4v) is 5.86. The molecule has 2 aromatic carbocycles. The van der Waals surface area contributed by atoms with Gasteiger partial charge in [0.25, 0.3) is 5.91 Å². The van der Waals surface area contributed by atoms with Crippen molar-refractivity contribution in [3.05, 3.63) is 58.7 Å². The molecule has 1 heterocycles. The summed E-state index contributed by atoms with van der Waals surface area (Å²) in [6, 6.07) is 11.6. The van der Waals surface area contributed by atoms with Crippen LogP contribution in [0.3, 0.4) is 0 Å². The average Bonchev–Trinajstić information content (AvgIpc) is 3.01. The molecule has 1 saturated carbocycles. The monoisotopic (exact) mass is 489 g/mol. The number of aryl methyl sites for hydroxylation is 2. The lowest BCUT2D eigenvalue weighted by Crippen LogP contribution is -2.51. The molecule has 0 bridgehead atoms. The Bertz CT molecular complexity index is 1150. The van der Waals surface area contributed by atoms with Crippen molar-refractivity contribution in [2.75, 3.05) is 16.8 Å². The van der Waals surface area contributed by atoms with Crippen LogP contribution in [0.2, 0.25) is 0 Å². The number of hydrogen-bond acceptors (Lipinski definition) is 3. The Balaban J connectivity index is 1.66. The predicted molar refractivity (Wildman–Crippen MR) is 145 cm³/mol. The van der Waals surface area contributed by atoms with E-state index in [1.165, 1.54) is 4.90 Å². The van der Waals surface area contributed by atoms with E-state index in [1.54, 1.807) is 4.90 Å². The van der Waals surface area contributed by atoms with Gasteiger partial charge in [0.1, 0.15) is 12.1 Å². The number of rotatable bonds is 6. The minimum absolute atomic E-state index is 0.222. The molecule has 1 aliphatic carbocycles. The van der Waals surface area contributed by atoms with Gasteiger partial charge in [-0.15, -0.1) is 0 Å². The van der Waals surface area contributed by atoms with Gasteiger partial charge in [0, 0.05) is 11.4 Å². The number of benzene rings is 2. The summed E-state index contributed by atoms with van der Waals surface area (Å²) in [5.41, 5.74) is 4.81. The smallest absolute Gasteiger partial charge is 0.324 e. The predicted octanol–water partition coefficient (Wildman–Crippen LogP) is 6.66. The molecule has 6 nitrogen and oxygen atoms in total. The van der Waals surface area contributed by atoms with Crippen molar-refractivity contribution in [3.63, 3.8) is 0 Å². The highest BCUT2D eigenvalue weighted by Crippen LogP contribution is 2.44. The van der Waals surface area contributed by atoms with Crippen LogP contribution < -0.4 is 10.2 Å². The molecule has 2 aliphatic rings. The Kier molecular flexibility index (Phi) is 7.26. The standard InChI is InChI=1S/C30H39N3O3/c1-19(2)23-11-10-12-24(20(3)4)27(23)31-26(34)18-32-28(35)30(15-8-7-9-16-30)33(29(32)36)25-14-13-21(5)17-22(25)6/h10-14,17,19-20H,7-9,15-16,18H2,1-6H3,(H,31,34). The highest BCUT2D eigenvalue weighted by molar-refractivity contribution is 6.19. The van der Waals surface area contributed by atoms with E-state index in [1.807, 2.05) is 50.2 Å². The van der Waals surface area contributed by atoms with Crippen molar-refractivity contribution in [1.29, 1.82) is 0 Å². The molecule has 4 amide bonds. The molecule has 2 aromatic rings. The van der Waals surface area contributed by atoms with Crippen molar-refractivity contribution < 1.29 is 14.4 Å². The second-order valence-electron chi connectivity index (χ2n) is 11.1. The van der Waals surface area contributed by atoms with Crippen LogP contribution in [0, 0.1) is 13.8 Å². The van der Waals surface area contributed by atoms with Crippen LogP contribution in [0.4, 0.5) is 16.2 Å². The first kappa shape index (κ1) is 25.9. The van der Waals surface area contributed by atoms with Gasteiger partial charge in [-0.25, -0.2) is 4.79 Å². The summed E-state index contributed by atoms with van der Waals surface area (Å²) in [5.74, 6) is -0.150. The van der Waals surface area contributed by atoms with Crippen LogP contribution in [-0.4, -0.2) is 34.8 Å². The topological polar surface area (TPSA) is 69.7 Å². The first-order valence-corrected chi connectivity index (χ1v) is 13.2. The summed E-state index contributed by atoms with van der Waals surface area (Å²) in [6.07, 6.45) is 4.07. The number of urea groups is 1. The molecule has 1 spiro atoms. The first-order chi connectivity index (χ1) is 17.1. The zero-order valence-electron chi connectivity index (χ0n) is 22.5. The third kappa shape index (κ3) is 4.54. The van der Waals surface area contributed by atoms with E-state index in [9.17, 15) is 14.4 Å². The van der Waals surface area contributed by atoms with E-state index in [-0.39, 0.29) is 30.2 Å². The van der Waals surface area contributed by atoms with E-state index < -0.39 is 11.6 Å². The molecule has 1 saturated heterocycles. The number of hydrogen-bond donors (Lipinski definition) is 1. The van der Waals surface area contributed by atoms with Gasteiger partial charge in [-0.2, -0.15) is 0 Å². The number of para-hydroxylation sites is 1. The second kappa shape index (κ2) is 10.1. The first-order valence-electron chi connectivity index (χ1n) is 13.2. The van der Waals surface area contributed by atoms with Crippen LogP contribution in [0.15, 0.2) is 36.4 Å². The molecule has 0 atom stereocenters. The molecule has 0 unspecified atom stereocenters. The van der Waals surface area contributed by atoms with E-state index in [0.717, 1.165) is 52.9 Å². The van der Waals surface area contributed by atoms with Gasteiger partial charge in [0.15, 0.2) is 0 Å². The SMILES string of the molecule is Cc1ccc(N2C(=O)N(CC(=O)Nc3c(C(C)C)cccc3C(C)C)C(=O)C23CCCCC3)c(C)c1. The number of nitrogens with one attached hydrogen (secondary N) is 1. The number of amides is 4. The van der Waals surface area contributed by atoms with E-state index in [4.69, 9.17) is 0 Å². The van der Waals surface area contributed by atoms with Gasteiger partial charge < -0.3 is 5.32 Å². The minimum Gasteiger partial charge on any atom is -0.324 e. The van der Waals surface area contributed by atoms with Gasteiger partial charge in [0.2, 0.25) is 5.91 Å². The van der Waals surface area contributed by atoms with Crippen LogP contribution in [0.1, 0.15) is 93.9 Å². The third-order valence-corrected chi connectivity index (χ3v) is 7.71. The quantitative estimate of drug-likeness (QED) is 0.461. The van der Waals surface area contributed by atoms with Crippen molar-refractivity contribution in [2.24, 2.45) is 0 Å². The highest BCUT2D eigenvalue weighted by Gasteiger charge is 2.58. The average molecular weight is 490 g/mol. The molecular weight excluding hydrogens is 450 g/mol. The Morgan fingerprint density at radius 1 is 0.944 bits per heavy atom. The number of anilines is 2. The summed E-state index contributed by atoms with van der Waals surface area (Å²) in [4.78, 5) is 43.9. The molecule has 1 aliphatic heterocycles. The van der Waals surface area contributed by atoms with E-state index in [2.05, 4.69) is 33.0 Å². The molecule has 6 heteroatoms. The lowest BCUT2D eigenvalue weighted by atomic mass is 9.80. The molecule has 0 radical (unpaired) electrons. The Morgan fingerprint density at radius 2 is 1.56 bits per heavy atom. The van der Waals surface area contributed by atoms with Crippen LogP contribution in [-0.2, 0) is 9.59 Å². The van der Waals surface area contributed by atoms with Gasteiger partial charge in [-0.1, -0.05) is 82.9 Å². The summed E-state index contributed by atoms with van der Waals surface area (Å²) in [6.45, 7) is 12.1. The maximum absolute atomic E-state index is 13.9. The number of carbonyl (C=O) groups excluding carboxylic acids is 3. The van der Waals surface area contributed by atoms with Crippen molar-refractivity contribution in [2.45, 2.75) is 91.0 Å². The maximum atomic E-state index is 13.9. The van der Waals surface area contributed by atoms with Gasteiger partial charge >= 0.3 is 6.03 Å². The summed E-state index contributed by atoms with van der Waals surface area (Å²) >= 11 is 0. The largest absolute Gasteiger partial charge is 0.332 e. The van der Waals surface area contributed by atoms with Crippen molar-refractivity contribution in [3.8, 4) is 0 Å². The molecule has 2 fully saturated rings. The zero-order chi connectivity index (χ0) is 26.2. The fraction of sp³-hybridized carbons (Fsp3) is 0.500. The molecule has 36 heavy (non-hydrogen) atoms. The summed E-state index contributed by atoms with van der Waals surface area (Å²) in [7, 11) is 0. The lowest BCUT2D eigenvalue weighted by Gasteiger charge is -2.38. The van der Waals surface area contributed by atoms with Crippen LogP contribution in [0.5, 0.6) is 0 Å². The molecule has 1 N–H and O–H groups in total. The van der Waals surface area contributed by atoms with E-state index in [0.29, 0.717) is 12.8 Å². The second-order valence-corrected chi connectivity index (χ2v) is 11.1.